The third-order valence-corrected chi connectivity index (χ3v) is 8.13. The number of rotatable bonds is 2. The van der Waals surface area contributed by atoms with Gasteiger partial charge in [-0.05, 0) is 11.1 Å². The molecule has 1 heterocycles. The van der Waals surface area contributed by atoms with Crippen LogP contribution in [0.25, 0.3) is 0 Å². The molecule has 0 amide bonds. The lowest BCUT2D eigenvalue weighted by Gasteiger charge is -2.09. The largest absolute Gasteiger partial charge is 0.122 e. The predicted octanol–water partition coefficient (Wildman–Crippen LogP) is 5.51. The summed E-state index contributed by atoms with van der Waals surface area (Å²) in [6.45, 7) is 0. The van der Waals surface area contributed by atoms with Crippen molar-refractivity contribution in [1.29, 1.82) is 0 Å². The molecule has 0 saturated carbocycles. The summed E-state index contributed by atoms with van der Waals surface area (Å²) in [5.41, 5.74) is 2.85. The zero-order chi connectivity index (χ0) is 11.5. The van der Waals surface area contributed by atoms with E-state index in [-0.39, 0.29) is 0 Å². The van der Waals surface area contributed by atoms with E-state index >= 15 is 0 Å². The van der Waals surface area contributed by atoms with E-state index in [9.17, 15) is 0 Å². The van der Waals surface area contributed by atoms with E-state index in [1.54, 1.807) is 0 Å². The van der Waals surface area contributed by atoms with Gasteiger partial charge in [-0.3, -0.25) is 0 Å². The fraction of sp³-hybridized carbons (Fsp3) is 0.143. The third kappa shape index (κ3) is 2.67. The Morgan fingerprint density at radius 3 is 1.41 bits per heavy atom. The highest BCUT2D eigenvalue weighted by Crippen LogP contribution is 2.65. The highest BCUT2D eigenvalue weighted by molar-refractivity contribution is 8.82. The molecular formula is C14H12S3. The second kappa shape index (κ2) is 5.42. The van der Waals surface area contributed by atoms with Gasteiger partial charge in [0.15, 0.2) is 0 Å². The van der Waals surface area contributed by atoms with E-state index in [0.717, 1.165) is 0 Å². The Balaban J connectivity index is 1.75. The fourth-order valence-corrected chi connectivity index (χ4v) is 7.48. The minimum Gasteiger partial charge on any atom is -0.122 e. The van der Waals surface area contributed by atoms with Crippen LogP contribution in [0.3, 0.4) is 0 Å². The van der Waals surface area contributed by atoms with Gasteiger partial charge in [0, 0.05) is 0 Å². The Hall–Kier alpha value is -0.510. The van der Waals surface area contributed by atoms with Gasteiger partial charge >= 0.3 is 0 Å². The molecule has 0 spiro atoms. The Kier molecular flexibility index (Phi) is 3.69. The molecule has 3 heteroatoms. The molecule has 0 aliphatic carbocycles. The second-order valence-electron chi connectivity index (χ2n) is 3.81. The molecule has 0 nitrogen and oxygen atoms in total. The molecule has 2 aromatic rings. The van der Waals surface area contributed by atoms with Gasteiger partial charge in [0.25, 0.3) is 0 Å². The zero-order valence-electron chi connectivity index (χ0n) is 9.15. The monoisotopic (exact) mass is 276 g/mol. The molecule has 0 bridgehead atoms. The molecule has 2 unspecified atom stereocenters. The average Bonchev–Trinajstić information content (AvgIpc) is 2.90. The summed E-state index contributed by atoms with van der Waals surface area (Å²) in [6, 6.07) is 21.5. The normalized spacial score (nSPS) is 23.8. The molecule has 2 aromatic carbocycles. The van der Waals surface area contributed by atoms with Crippen molar-refractivity contribution in [2.45, 2.75) is 9.16 Å². The van der Waals surface area contributed by atoms with Gasteiger partial charge in [-0.25, -0.2) is 0 Å². The summed E-state index contributed by atoms with van der Waals surface area (Å²) < 4.78 is 1.12. The quantitative estimate of drug-likeness (QED) is 0.664. The van der Waals surface area contributed by atoms with Crippen LogP contribution in [0, 0.1) is 0 Å². The minimum absolute atomic E-state index is 0.561. The highest BCUT2D eigenvalue weighted by Gasteiger charge is 2.29. The minimum atomic E-state index is 0.561. The number of hydrogen-bond acceptors (Lipinski definition) is 3. The molecule has 3 rings (SSSR count). The van der Waals surface area contributed by atoms with Crippen molar-refractivity contribution >= 4 is 33.3 Å². The van der Waals surface area contributed by atoms with E-state index in [1.807, 2.05) is 33.3 Å². The first-order valence-corrected chi connectivity index (χ1v) is 8.73. The van der Waals surface area contributed by atoms with Crippen molar-refractivity contribution in [3.05, 3.63) is 71.8 Å². The van der Waals surface area contributed by atoms with Crippen LogP contribution in [0.15, 0.2) is 60.7 Å². The van der Waals surface area contributed by atoms with Gasteiger partial charge < -0.3 is 0 Å². The first-order valence-electron chi connectivity index (χ1n) is 5.51. The number of thioether (sulfide) groups is 1. The van der Waals surface area contributed by atoms with Crippen molar-refractivity contribution in [3.63, 3.8) is 0 Å². The SMILES string of the molecule is c1ccc(C2SSC(c3ccccc3)S2)cc1. The summed E-state index contributed by atoms with van der Waals surface area (Å²) in [5.74, 6) is 0. The Labute approximate surface area is 114 Å². The third-order valence-electron chi connectivity index (χ3n) is 2.62. The maximum Gasteiger partial charge on any atom is 0.0870 e. The van der Waals surface area contributed by atoms with E-state index < -0.39 is 0 Å². The van der Waals surface area contributed by atoms with Crippen LogP contribution in [-0.2, 0) is 0 Å². The van der Waals surface area contributed by atoms with Crippen LogP contribution in [0.2, 0.25) is 0 Å². The summed E-state index contributed by atoms with van der Waals surface area (Å²) in [7, 11) is 3.96. The maximum atomic E-state index is 2.22. The summed E-state index contributed by atoms with van der Waals surface area (Å²) >= 11 is 2.04. The highest BCUT2D eigenvalue weighted by atomic mass is 33.1. The lowest BCUT2D eigenvalue weighted by molar-refractivity contribution is 1.34. The van der Waals surface area contributed by atoms with Crippen LogP contribution < -0.4 is 0 Å². The Morgan fingerprint density at radius 1 is 0.588 bits per heavy atom. The number of benzene rings is 2. The van der Waals surface area contributed by atoms with Gasteiger partial charge in [-0.2, -0.15) is 0 Å². The van der Waals surface area contributed by atoms with Crippen molar-refractivity contribution < 1.29 is 0 Å². The fourth-order valence-electron chi connectivity index (χ4n) is 1.75. The standard InChI is InChI=1S/C14H12S3/c1-3-7-11(8-4-1)13-15-14(17-16-13)12-9-5-2-6-10-12/h1-10,13-14H. The molecule has 17 heavy (non-hydrogen) atoms. The first-order chi connectivity index (χ1) is 8.43. The topological polar surface area (TPSA) is 0 Å². The average molecular weight is 276 g/mol. The molecule has 0 N–H and O–H groups in total. The van der Waals surface area contributed by atoms with Crippen molar-refractivity contribution in [2.24, 2.45) is 0 Å². The molecule has 0 aromatic heterocycles. The smallest absolute Gasteiger partial charge is 0.0870 e. The summed E-state index contributed by atoms with van der Waals surface area (Å²) in [6.07, 6.45) is 0. The maximum absolute atomic E-state index is 2.22. The Morgan fingerprint density at radius 2 is 1.00 bits per heavy atom. The van der Waals surface area contributed by atoms with Crippen molar-refractivity contribution in [2.75, 3.05) is 0 Å². The van der Waals surface area contributed by atoms with Crippen LogP contribution in [0.4, 0.5) is 0 Å². The van der Waals surface area contributed by atoms with E-state index in [2.05, 4.69) is 60.7 Å². The molecule has 86 valence electrons. The van der Waals surface area contributed by atoms with Gasteiger partial charge in [-0.1, -0.05) is 82.3 Å². The molecule has 0 radical (unpaired) electrons. The number of hydrogen-bond donors (Lipinski definition) is 0. The lowest BCUT2D eigenvalue weighted by atomic mass is 10.2. The summed E-state index contributed by atoms with van der Waals surface area (Å²) in [4.78, 5) is 0. The molecule has 1 saturated heterocycles. The molecule has 1 aliphatic heterocycles. The van der Waals surface area contributed by atoms with Crippen LogP contribution in [-0.4, -0.2) is 0 Å². The van der Waals surface area contributed by atoms with Gasteiger partial charge in [-0.15, -0.1) is 11.8 Å². The van der Waals surface area contributed by atoms with Gasteiger partial charge in [0.2, 0.25) is 0 Å². The first kappa shape index (κ1) is 11.6. The lowest BCUT2D eigenvalue weighted by Crippen LogP contribution is -1.86. The zero-order valence-corrected chi connectivity index (χ0v) is 11.6. The van der Waals surface area contributed by atoms with Gasteiger partial charge in [0.1, 0.15) is 0 Å². The van der Waals surface area contributed by atoms with E-state index in [0.29, 0.717) is 9.16 Å². The van der Waals surface area contributed by atoms with Crippen LogP contribution >= 0.6 is 33.3 Å². The second-order valence-corrected chi connectivity index (χ2v) is 8.11. The van der Waals surface area contributed by atoms with Crippen LogP contribution in [0.1, 0.15) is 20.3 Å². The van der Waals surface area contributed by atoms with E-state index in [4.69, 9.17) is 0 Å². The van der Waals surface area contributed by atoms with Crippen LogP contribution in [0.5, 0.6) is 0 Å². The molecular weight excluding hydrogens is 264 g/mol. The van der Waals surface area contributed by atoms with Crippen molar-refractivity contribution in [1.82, 2.24) is 0 Å². The van der Waals surface area contributed by atoms with Crippen molar-refractivity contribution in [3.8, 4) is 0 Å². The Bertz CT molecular complexity index is 424. The van der Waals surface area contributed by atoms with Gasteiger partial charge in [0.05, 0.1) is 9.16 Å². The molecule has 1 aliphatic rings. The molecule has 1 fully saturated rings. The summed E-state index contributed by atoms with van der Waals surface area (Å²) in [5, 5.41) is 0. The van der Waals surface area contributed by atoms with E-state index in [1.165, 1.54) is 11.1 Å². The predicted molar refractivity (Wildman–Crippen MR) is 81.1 cm³/mol. The molecule has 2 atom stereocenters.